The van der Waals surface area contributed by atoms with Gasteiger partial charge >= 0.3 is 6.09 Å². The average Bonchev–Trinajstić information content (AvgIpc) is 3.05. The van der Waals surface area contributed by atoms with E-state index in [2.05, 4.69) is 21.2 Å². The van der Waals surface area contributed by atoms with Gasteiger partial charge in [-0.1, -0.05) is 20.8 Å². The van der Waals surface area contributed by atoms with Crippen molar-refractivity contribution in [2.45, 2.75) is 85.5 Å². The van der Waals surface area contributed by atoms with Crippen LogP contribution >= 0.6 is 15.9 Å². The Bertz CT molecular complexity index is 1130. The summed E-state index contributed by atoms with van der Waals surface area (Å²) in [6, 6.07) is 2.76. The Morgan fingerprint density at radius 2 is 1.94 bits per heavy atom. The SMILES string of the molecule is Cc1cc(Br)cn2c(=O)cc(CN(C(=O)OC(C)(C)C)[C@H](C3CCC(=O)N3)C(C)(C)C)nc12. The van der Waals surface area contributed by atoms with Gasteiger partial charge < -0.3 is 10.1 Å². The summed E-state index contributed by atoms with van der Waals surface area (Å²) in [6.45, 7) is 13.5. The van der Waals surface area contributed by atoms with Gasteiger partial charge in [-0.15, -0.1) is 0 Å². The Labute approximate surface area is 202 Å². The molecule has 9 heteroatoms. The quantitative estimate of drug-likeness (QED) is 0.651. The first kappa shape index (κ1) is 25.2. The molecule has 2 aromatic heterocycles. The number of halogens is 1. The van der Waals surface area contributed by atoms with Crippen molar-refractivity contribution in [2.24, 2.45) is 5.41 Å². The molecule has 2 aromatic rings. The maximum Gasteiger partial charge on any atom is 0.410 e. The van der Waals surface area contributed by atoms with Gasteiger partial charge in [0.2, 0.25) is 5.91 Å². The number of hydrogen-bond donors (Lipinski definition) is 1. The lowest BCUT2D eigenvalue weighted by Gasteiger charge is -2.43. The molecular formula is C24H33BrN4O4. The lowest BCUT2D eigenvalue weighted by molar-refractivity contribution is -0.119. The Morgan fingerprint density at radius 1 is 1.27 bits per heavy atom. The second-order valence-corrected chi connectivity index (χ2v) is 11.7. The number of carbonyl (C=O) groups is 2. The standard InChI is InChI=1S/C24H33BrN4O4/c1-14-10-15(25)12-28-19(31)11-16(26-21(14)28)13-29(22(32)33-24(5,6)7)20(23(2,3)4)17-8-9-18(30)27-17/h10-12,17,20H,8-9,13H2,1-7H3,(H,27,30)/t17?,20-/m1/s1. The highest BCUT2D eigenvalue weighted by molar-refractivity contribution is 9.10. The second kappa shape index (κ2) is 9.08. The fourth-order valence-corrected chi connectivity index (χ4v) is 4.94. The summed E-state index contributed by atoms with van der Waals surface area (Å²) in [6.07, 6.45) is 2.22. The number of nitrogens with one attached hydrogen (secondary N) is 1. The van der Waals surface area contributed by atoms with Crippen molar-refractivity contribution in [1.29, 1.82) is 0 Å². The van der Waals surface area contributed by atoms with Crippen LogP contribution in [0.5, 0.6) is 0 Å². The molecule has 0 saturated carbocycles. The molecule has 3 heterocycles. The summed E-state index contributed by atoms with van der Waals surface area (Å²) in [5, 5.41) is 3.02. The van der Waals surface area contributed by atoms with Crippen LogP contribution in [0.1, 0.15) is 65.6 Å². The van der Waals surface area contributed by atoms with Crippen LogP contribution in [0.3, 0.4) is 0 Å². The molecule has 0 radical (unpaired) electrons. The van der Waals surface area contributed by atoms with Gasteiger partial charge in [0.1, 0.15) is 11.2 Å². The lowest BCUT2D eigenvalue weighted by Crippen LogP contribution is -2.57. The number of fused-ring (bicyclic) bond motifs is 1. The summed E-state index contributed by atoms with van der Waals surface area (Å²) in [7, 11) is 0. The fraction of sp³-hybridized carbons (Fsp3) is 0.583. The molecule has 2 amide bonds. The maximum absolute atomic E-state index is 13.4. The molecule has 1 saturated heterocycles. The highest BCUT2D eigenvalue weighted by Crippen LogP contribution is 2.33. The zero-order chi connectivity index (χ0) is 24.7. The number of carbonyl (C=O) groups excluding carboxylic acids is 2. The summed E-state index contributed by atoms with van der Waals surface area (Å²) in [5.41, 5.74) is 0.538. The molecule has 0 bridgehead atoms. The van der Waals surface area contributed by atoms with Gasteiger partial charge in [0.25, 0.3) is 5.56 Å². The van der Waals surface area contributed by atoms with Crippen LogP contribution in [0.25, 0.3) is 5.65 Å². The molecule has 2 atom stereocenters. The zero-order valence-corrected chi connectivity index (χ0v) is 21.9. The van der Waals surface area contributed by atoms with Gasteiger partial charge in [-0.25, -0.2) is 9.78 Å². The van der Waals surface area contributed by atoms with E-state index in [1.54, 1.807) is 11.1 Å². The predicted molar refractivity (Wildman–Crippen MR) is 130 cm³/mol. The summed E-state index contributed by atoms with van der Waals surface area (Å²) >= 11 is 3.42. The maximum atomic E-state index is 13.4. The molecule has 0 aliphatic carbocycles. The monoisotopic (exact) mass is 520 g/mol. The smallest absolute Gasteiger partial charge is 0.410 e. The zero-order valence-electron chi connectivity index (χ0n) is 20.4. The van der Waals surface area contributed by atoms with Crippen molar-refractivity contribution >= 4 is 33.6 Å². The predicted octanol–water partition coefficient (Wildman–Crippen LogP) is 4.20. The number of rotatable bonds is 4. The van der Waals surface area contributed by atoms with E-state index < -0.39 is 11.7 Å². The molecule has 1 N–H and O–H groups in total. The largest absolute Gasteiger partial charge is 0.444 e. The van der Waals surface area contributed by atoms with Crippen molar-refractivity contribution in [3.05, 3.63) is 44.4 Å². The van der Waals surface area contributed by atoms with E-state index in [0.717, 1.165) is 10.0 Å². The Kier molecular flexibility index (Phi) is 6.94. The topological polar surface area (TPSA) is 93.0 Å². The average molecular weight is 521 g/mol. The molecule has 1 aliphatic rings. The van der Waals surface area contributed by atoms with Gasteiger partial charge in [0.15, 0.2) is 0 Å². The third kappa shape index (κ3) is 5.93. The van der Waals surface area contributed by atoms with E-state index in [1.807, 2.05) is 54.5 Å². The summed E-state index contributed by atoms with van der Waals surface area (Å²) < 4.78 is 8.02. The Balaban J connectivity index is 2.09. The van der Waals surface area contributed by atoms with E-state index in [0.29, 0.717) is 24.2 Å². The number of aromatic nitrogens is 2. The Hall–Kier alpha value is -2.42. The first-order valence-corrected chi connectivity index (χ1v) is 11.9. The fourth-order valence-electron chi connectivity index (χ4n) is 4.39. The molecule has 3 rings (SSSR count). The summed E-state index contributed by atoms with van der Waals surface area (Å²) in [4.78, 5) is 44.6. The van der Waals surface area contributed by atoms with Crippen molar-refractivity contribution in [2.75, 3.05) is 0 Å². The van der Waals surface area contributed by atoms with Crippen molar-refractivity contribution in [3.8, 4) is 0 Å². The first-order valence-electron chi connectivity index (χ1n) is 11.1. The van der Waals surface area contributed by atoms with Crippen LogP contribution in [0.4, 0.5) is 4.79 Å². The molecule has 8 nitrogen and oxygen atoms in total. The molecule has 180 valence electrons. The molecule has 0 spiro atoms. The second-order valence-electron chi connectivity index (χ2n) is 10.8. The van der Waals surface area contributed by atoms with Crippen molar-refractivity contribution in [3.63, 3.8) is 0 Å². The number of aryl methyl sites for hydroxylation is 1. The lowest BCUT2D eigenvalue weighted by atomic mass is 9.80. The van der Waals surface area contributed by atoms with Gasteiger partial charge in [0.05, 0.1) is 24.3 Å². The molecule has 0 aromatic carbocycles. The minimum absolute atomic E-state index is 0.0262. The van der Waals surface area contributed by atoms with Gasteiger partial charge in [0, 0.05) is 23.2 Å². The van der Waals surface area contributed by atoms with Crippen LogP contribution < -0.4 is 10.9 Å². The van der Waals surface area contributed by atoms with Crippen molar-refractivity contribution in [1.82, 2.24) is 19.6 Å². The number of nitrogens with zero attached hydrogens (tertiary/aromatic N) is 3. The summed E-state index contributed by atoms with van der Waals surface area (Å²) in [5.74, 6) is -0.0262. The number of hydrogen-bond acceptors (Lipinski definition) is 5. The van der Waals surface area contributed by atoms with E-state index in [-0.39, 0.29) is 35.5 Å². The third-order valence-corrected chi connectivity index (χ3v) is 5.99. The van der Waals surface area contributed by atoms with Crippen LogP contribution in [-0.4, -0.2) is 44.0 Å². The van der Waals surface area contributed by atoms with Crippen LogP contribution in [0, 0.1) is 12.3 Å². The highest BCUT2D eigenvalue weighted by Gasteiger charge is 2.43. The Morgan fingerprint density at radius 3 is 2.48 bits per heavy atom. The minimum atomic E-state index is -0.698. The normalized spacial score (nSPS) is 17.7. The third-order valence-electron chi connectivity index (χ3n) is 5.56. The molecule has 1 aliphatic heterocycles. The van der Waals surface area contributed by atoms with E-state index in [9.17, 15) is 14.4 Å². The van der Waals surface area contributed by atoms with Gasteiger partial charge in [-0.2, -0.15) is 0 Å². The first-order chi connectivity index (χ1) is 15.2. The molecular weight excluding hydrogens is 488 g/mol. The molecule has 1 unspecified atom stereocenters. The van der Waals surface area contributed by atoms with E-state index in [4.69, 9.17) is 9.72 Å². The van der Waals surface area contributed by atoms with Crippen LogP contribution in [-0.2, 0) is 16.1 Å². The number of ether oxygens (including phenoxy) is 1. The van der Waals surface area contributed by atoms with Gasteiger partial charge in [-0.3, -0.25) is 18.9 Å². The minimum Gasteiger partial charge on any atom is -0.444 e. The molecule has 1 fully saturated rings. The van der Waals surface area contributed by atoms with E-state index >= 15 is 0 Å². The van der Waals surface area contributed by atoms with Crippen LogP contribution in [0.2, 0.25) is 0 Å². The molecule has 33 heavy (non-hydrogen) atoms. The number of amides is 2. The highest BCUT2D eigenvalue weighted by atomic mass is 79.9. The van der Waals surface area contributed by atoms with Crippen molar-refractivity contribution < 1.29 is 14.3 Å². The van der Waals surface area contributed by atoms with E-state index in [1.165, 1.54) is 10.5 Å². The number of pyridine rings is 1. The van der Waals surface area contributed by atoms with Gasteiger partial charge in [-0.05, 0) is 67.1 Å². The van der Waals surface area contributed by atoms with Crippen LogP contribution in [0.15, 0.2) is 27.6 Å².